The van der Waals surface area contributed by atoms with E-state index in [1.807, 2.05) is 36.4 Å². The van der Waals surface area contributed by atoms with E-state index < -0.39 is 12.1 Å². The molecular weight excluding hydrogens is 414 g/mol. The van der Waals surface area contributed by atoms with Gasteiger partial charge in [0.2, 0.25) is 0 Å². The number of rotatable bonds is 7. The summed E-state index contributed by atoms with van der Waals surface area (Å²) >= 11 is 0. The minimum atomic E-state index is -0.978. The molecule has 0 spiro atoms. The van der Waals surface area contributed by atoms with Crippen molar-refractivity contribution >= 4 is 11.9 Å². The number of nitrogens with zero attached hydrogens (tertiary/aromatic N) is 1. The first kappa shape index (κ1) is 23.6. The zero-order valence-corrected chi connectivity index (χ0v) is 18.4. The Morgan fingerprint density at radius 1 is 0.970 bits per heavy atom. The van der Waals surface area contributed by atoms with Gasteiger partial charge in [-0.15, -0.1) is 0 Å². The Morgan fingerprint density at radius 2 is 1.58 bits per heavy atom. The summed E-state index contributed by atoms with van der Waals surface area (Å²) in [6.07, 6.45) is 0.760. The van der Waals surface area contributed by atoms with Crippen LogP contribution in [0.15, 0.2) is 84.9 Å². The molecular formula is C27H27N3O3. The van der Waals surface area contributed by atoms with Crippen LogP contribution in [0.2, 0.25) is 0 Å². The van der Waals surface area contributed by atoms with Gasteiger partial charge in [-0.3, -0.25) is 10.0 Å². The first-order valence-electron chi connectivity index (χ1n) is 10.7. The summed E-state index contributed by atoms with van der Waals surface area (Å²) in [7, 11) is 0. The van der Waals surface area contributed by atoms with E-state index in [9.17, 15) is 14.8 Å². The average Bonchev–Trinajstić information content (AvgIpc) is 2.85. The van der Waals surface area contributed by atoms with Gasteiger partial charge in [0.15, 0.2) is 0 Å². The van der Waals surface area contributed by atoms with Crippen LogP contribution in [0.4, 0.5) is 4.79 Å². The number of primary amides is 1. The molecule has 0 aliphatic carbocycles. The van der Waals surface area contributed by atoms with Crippen LogP contribution < -0.4 is 11.1 Å². The van der Waals surface area contributed by atoms with Gasteiger partial charge in [-0.05, 0) is 42.7 Å². The summed E-state index contributed by atoms with van der Waals surface area (Å²) in [5, 5.41) is 12.9. The van der Waals surface area contributed by atoms with E-state index in [4.69, 9.17) is 5.73 Å². The zero-order chi connectivity index (χ0) is 23.6. The first-order valence-corrected chi connectivity index (χ1v) is 10.7. The highest BCUT2D eigenvalue weighted by atomic mass is 16.5. The molecule has 1 atom stereocenters. The molecule has 3 rings (SSSR count). The summed E-state index contributed by atoms with van der Waals surface area (Å²) in [6.45, 7) is 2.06. The van der Waals surface area contributed by atoms with Crippen LogP contribution in [0, 0.1) is 11.8 Å². The Kier molecular flexibility index (Phi) is 8.23. The van der Waals surface area contributed by atoms with Crippen LogP contribution >= 0.6 is 0 Å². The third kappa shape index (κ3) is 6.70. The van der Waals surface area contributed by atoms with Crippen LogP contribution in [0.1, 0.15) is 46.3 Å². The first-order chi connectivity index (χ1) is 16.0. The molecule has 0 bridgehead atoms. The summed E-state index contributed by atoms with van der Waals surface area (Å²) in [6, 6.07) is 25.7. The number of carbonyl (C=O) groups is 2. The second kappa shape index (κ2) is 11.5. The minimum absolute atomic E-state index is 0.179. The molecule has 6 heteroatoms. The van der Waals surface area contributed by atoms with Crippen LogP contribution in [0.5, 0.6) is 0 Å². The molecule has 6 nitrogen and oxygen atoms in total. The van der Waals surface area contributed by atoms with Crippen molar-refractivity contribution in [1.82, 2.24) is 10.4 Å². The molecule has 3 amide bonds. The molecule has 0 radical (unpaired) electrons. The highest BCUT2D eigenvalue weighted by Crippen LogP contribution is 2.27. The standard InChI is InChI=1S/C27H27N3O3/c1-20(30(33)27(28)32)15-16-21-9-8-14-24(19-21)26(31)29-18-17-25(22-10-4-2-5-11-22)23-12-6-3-7-13-23/h2-14,19-20,25,33H,17-18H2,1H3,(H2,28,32)(H,29,31). The Bertz CT molecular complexity index is 1100. The quantitative estimate of drug-likeness (QED) is 0.292. The molecule has 0 heterocycles. The van der Waals surface area contributed by atoms with Crippen molar-refractivity contribution in [2.45, 2.75) is 25.3 Å². The molecule has 0 saturated heterocycles. The highest BCUT2D eigenvalue weighted by Gasteiger charge is 2.15. The van der Waals surface area contributed by atoms with E-state index in [-0.39, 0.29) is 11.8 Å². The lowest BCUT2D eigenvalue weighted by Crippen LogP contribution is -2.38. The van der Waals surface area contributed by atoms with Crippen molar-refractivity contribution < 1.29 is 14.8 Å². The fraction of sp³-hybridized carbons (Fsp3) is 0.185. The number of hydroxylamine groups is 2. The average molecular weight is 442 g/mol. The van der Waals surface area contributed by atoms with E-state index in [1.165, 1.54) is 11.1 Å². The third-order valence-electron chi connectivity index (χ3n) is 5.27. The van der Waals surface area contributed by atoms with Gasteiger partial charge in [0.1, 0.15) is 6.04 Å². The highest BCUT2D eigenvalue weighted by molar-refractivity contribution is 5.94. The Hall–Kier alpha value is -4.08. The van der Waals surface area contributed by atoms with Gasteiger partial charge in [-0.1, -0.05) is 78.6 Å². The molecule has 0 aliphatic rings. The van der Waals surface area contributed by atoms with Crippen LogP contribution in [-0.2, 0) is 0 Å². The molecule has 0 fully saturated rings. The van der Waals surface area contributed by atoms with Crippen LogP contribution in [0.3, 0.4) is 0 Å². The predicted octanol–water partition coefficient (Wildman–Crippen LogP) is 4.15. The molecule has 0 aliphatic heterocycles. The molecule has 33 heavy (non-hydrogen) atoms. The number of hydrogen-bond acceptors (Lipinski definition) is 3. The van der Waals surface area contributed by atoms with Gasteiger partial charge >= 0.3 is 6.03 Å². The topological polar surface area (TPSA) is 95.7 Å². The van der Waals surface area contributed by atoms with Gasteiger partial charge in [0, 0.05) is 23.6 Å². The van der Waals surface area contributed by atoms with Gasteiger partial charge in [0.05, 0.1) is 0 Å². The van der Waals surface area contributed by atoms with Gasteiger partial charge in [-0.2, -0.15) is 5.06 Å². The SMILES string of the molecule is CC(C#Cc1cccc(C(=O)NCCC(c2ccccc2)c2ccccc2)c1)N(O)C(N)=O. The van der Waals surface area contributed by atoms with Crippen LogP contribution in [-0.4, -0.2) is 34.8 Å². The summed E-state index contributed by atoms with van der Waals surface area (Å²) in [4.78, 5) is 23.7. The van der Waals surface area contributed by atoms with Crippen molar-refractivity contribution in [2.24, 2.45) is 5.73 Å². The summed E-state index contributed by atoms with van der Waals surface area (Å²) < 4.78 is 0. The maximum atomic E-state index is 12.7. The molecule has 1 unspecified atom stereocenters. The van der Waals surface area contributed by atoms with Crippen molar-refractivity contribution in [1.29, 1.82) is 0 Å². The van der Waals surface area contributed by atoms with Crippen molar-refractivity contribution in [3.63, 3.8) is 0 Å². The maximum absolute atomic E-state index is 12.7. The fourth-order valence-corrected chi connectivity index (χ4v) is 3.51. The van der Waals surface area contributed by atoms with Crippen molar-refractivity contribution in [3.05, 3.63) is 107 Å². The third-order valence-corrected chi connectivity index (χ3v) is 5.27. The number of nitrogens with one attached hydrogen (secondary N) is 1. The number of urea groups is 1. The number of carbonyl (C=O) groups excluding carboxylic acids is 2. The van der Waals surface area contributed by atoms with Gasteiger partial charge in [-0.25, -0.2) is 4.79 Å². The molecule has 3 aromatic carbocycles. The minimum Gasteiger partial charge on any atom is -0.352 e. The lowest BCUT2D eigenvalue weighted by molar-refractivity contribution is -0.0536. The second-order valence-corrected chi connectivity index (χ2v) is 7.63. The molecule has 3 aromatic rings. The molecule has 168 valence electrons. The van der Waals surface area contributed by atoms with E-state index in [2.05, 4.69) is 41.4 Å². The fourth-order valence-electron chi connectivity index (χ4n) is 3.51. The van der Waals surface area contributed by atoms with E-state index in [0.717, 1.165) is 6.42 Å². The van der Waals surface area contributed by atoms with Crippen molar-refractivity contribution in [2.75, 3.05) is 6.54 Å². The van der Waals surface area contributed by atoms with Crippen LogP contribution in [0.25, 0.3) is 0 Å². The van der Waals surface area contributed by atoms with E-state index in [0.29, 0.717) is 22.7 Å². The molecule has 0 aromatic heterocycles. The van der Waals surface area contributed by atoms with Gasteiger partial charge in [0.25, 0.3) is 5.91 Å². The largest absolute Gasteiger partial charge is 0.352 e. The second-order valence-electron chi connectivity index (χ2n) is 7.63. The Labute approximate surface area is 194 Å². The summed E-state index contributed by atoms with van der Waals surface area (Å²) in [5.74, 6) is 5.58. The smallest absolute Gasteiger partial charge is 0.339 e. The lowest BCUT2D eigenvalue weighted by Gasteiger charge is -2.18. The lowest BCUT2D eigenvalue weighted by atomic mass is 9.88. The monoisotopic (exact) mass is 441 g/mol. The predicted molar refractivity (Wildman–Crippen MR) is 128 cm³/mol. The molecule has 4 N–H and O–H groups in total. The van der Waals surface area contributed by atoms with E-state index in [1.54, 1.807) is 31.2 Å². The number of benzene rings is 3. The maximum Gasteiger partial charge on any atom is 0.339 e. The number of nitrogens with two attached hydrogens (primary N) is 1. The van der Waals surface area contributed by atoms with E-state index >= 15 is 0 Å². The normalized spacial score (nSPS) is 11.2. The Balaban J connectivity index is 1.65. The zero-order valence-electron chi connectivity index (χ0n) is 18.4. The number of hydrogen-bond donors (Lipinski definition) is 3. The molecule has 0 saturated carbocycles. The Morgan fingerprint density at radius 3 is 2.15 bits per heavy atom. The van der Waals surface area contributed by atoms with Gasteiger partial charge < -0.3 is 11.1 Å². The summed E-state index contributed by atoms with van der Waals surface area (Å²) in [5.41, 5.74) is 8.52. The number of amides is 3. The van der Waals surface area contributed by atoms with Crippen molar-refractivity contribution in [3.8, 4) is 11.8 Å².